The highest BCUT2D eigenvalue weighted by Crippen LogP contribution is 2.12. The molecular formula is C10H15N3. The summed E-state index contributed by atoms with van der Waals surface area (Å²) >= 11 is 0. The second-order valence-electron chi connectivity index (χ2n) is 2.72. The summed E-state index contributed by atoms with van der Waals surface area (Å²) in [4.78, 5) is 0. The van der Waals surface area contributed by atoms with Crippen LogP contribution in [-0.4, -0.2) is 14.1 Å². The molecule has 0 aliphatic rings. The molecule has 0 heterocycles. The maximum atomic E-state index is 5.78. The zero-order chi connectivity index (χ0) is 9.68. The largest absolute Gasteiger partial charge is 0.397 e. The van der Waals surface area contributed by atoms with Crippen molar-refractivity contribution < 1.29 is 0 Å². The quantitative estimate of drug-likeness (QED) is 0.650. The van der Waals surface area contributed by atoms with Gasteiger partial charge in [-0.15, -0.1) is 0 Å². The number of nitrogens with one attached hydrogen (secondary N) is 2. The predicted molar refractivity (Wildman–Crippen MR) is 57.2 cm³/mol. The number of hydrogen-bond acceptors (Lipinski definition) is 3. The summed E-state index contributed by atoms with van der Waals surface area (Å²) in [6, 6.07) is 7.95. The summed E-state index contributed by atoms with van der Waals surface area (Å²) in [5, 5.41) is 5.94. The number of benzene rings is 1. The van der Waals surface area contributed by atoms with Crippen LogP contribution in [0.3, 0.4) is 0 Å². The summed E-state index contributed by atoms with van der Waals surface area (Å²) in [7, 11) is 3.72. The fourth-order valence-electron chi connectivity index (χ4n) is 1.07. The van der Waals surface area contributed by atoms with Gasteiger partial charge in [0.2, 0.25) is 0 Å². The van der Waals surface area contributed by atoms with Crippen LogP contribution in [0.15, 0.2) is 30.5 Å². The molecule has 13 heavy (non-hydrogen) atoms. The van der Waals surface area contributed by atoms with Crippen LogP contribution in [0, 0.1) is 0 Å². The van der Waals surface area contributed by atoms with Gasteiger partial charge in [-0.2, -0.15) is 0 Å². The Labute approximate surface area is 78.6 Å². The molecule has 4 N–H and O–H groups in total. The number of nitrogens with two attached hydrogens (primary N) is 1. The molecule has 0 saturated carbocycles. The SMILES string of the molecule is CN/C=C(\N)c1ccc(NC)cc1. The van der Waals surface area contributed by atoms with E-state index in [4.69, 9.17) is 5.73 Å². The Balaban J connectivity index is 2.85. The standard InChI is InChI=1S/C10H15N3/c1-12-7-10(11)8-3-5-9(13-2)6-4-8/h3-7,12-13H,11H2,1-2H3/b10-7-. The highest BCUT2D eigenvalue weighted by molar-refractivity contribution is 5.64. The minimum absolute atomic E-state index is 0.741. The highest BCUT2D eigenvalue weighted by Gasteiger charge is 1.94. The van der Waals surface area contributed by atoms with Gasteiger partial charge in [-0.25, -0.2) is 0 Å². The molecule has 1 aromatic rings. The maximum Gasteiger partial charge on any atom is 0.0547 e. The summed E-state index contributed by atoms with van der Waals surface area (Å²) in [6.45, 7) is 0. The molecule has 3 heteroatoms. The van der Waals surface area contributed by atoms with E-state index >= 15 is 0 Å². The van der Waals surface area contributed by atoms with E-state index in [-0.39, 0.29) is 0 Å². The first kappa shape index (κ1) is 9.45. The molecule has 70 valence electrons. The van der Waals surface area contributed by atoms with E-state index < -0.39 is 0 Å². The first-order chi connectivity index (χ1) is 6.27. The van der Waals surface area contributed by atoms with E-state index in [1.54, 1.807) is 6.20 Å². The second kappa shape index (κ2) is 4.40. The van der Waals surface area contributed by atoms with Crippen molar-refractivity contribution in [2.24, 2.45) is 5.73 Å². The molecule has 1 rings (SSSR count). The highest BCUT2D eigenvalue weighted by atomic mass is 14.8. The Morgan fingerprint density at radius 1 is 1.23 bits per heavy atom. The Kier molecular flexibility index (Phi) is 3.20. The molecule has 3 nitrogen and oxygen atoms in total. The first-order valence-electron chi connectivity index (χ1n) is 4.19. The lowest BCUT2D eigenvalue weighted by molar-refractivity contribution is 1.10. The Hall–Kier alpha value is -1.64. The first-order valence-corrected chi connectivity index (χ1v) is 4.19. The summed E-state index contributed by atoms with van der Waals surface area (Å²) in [6.07, 6.45) is 1.77. The van der Waals surface area contributed by atoms with E-state index in [0.717, 1.165) is 16.9 Å². The monoisotopic (exact) mass is 177 g/mol. The van der Waals surface area contributed by atoms with Gasteiger partial charge in [-0.05, 0) is 17.7 Å². The van der Waals surface area contributed by atoms with Gasteiger partial charge in [0.25, 0.3) is 0 Å². The molecule has 0 bridgehead atoms. The lowest BCUT2D eigenvalue weighted by Crippen LogP contribution is -2.03. The smallest absolute Gasteiger partial charge is 0.0547 e. The topological polar surface area (TPSA) is 50.1 Å². The van der Waals surface area contributed by atoms with Gasteiger partial charge in [-0.1, -0.05) is 12.1 Å². The fourth-order valence-corrected chi connectivity index (χ4v) is 1.07. The molecule has 0 amide bonds. The summed E-state index contributed by atoms with van der Waals surface area (Å²) < 4.78 is 0. The van der Waals surface area contributed by atoms with Gasteiger partial charge in [0.05, 0.1) is 5.70 Å². The van der Waals surface area contributed by atoms with Gasteiger partial charge in [0.15, 0.2) is 0 Å². The average Bonchev–Trinajstić information content (AvgIpc) is 2.18. The van der Waals surface area contributed by atoms with E-state index in [0.29, 0.717) is 0 Å². The molecule has 0 atom stereocenters. The van der Waals surface area contributed by atoms with Crippen molar-refractivity contribution in [3.05, 3.63) is 36.0 Å². The van der Waals surface area contributed by atoms with Crippen molar-refractivity contribution in [2.75, 3.05) is 19.4 Å². The van der Waals surface area contributed by atoms with Crippen molar-refractivity contribution in [2.45, 2.75) is 0 Å². The van der Waals surface area contributed by atoms with Gasteiger partial charge in [-0.3, -0.25) is 0 Å². The lowest BCUT2D eigenvalue weighted by atomic mass is 10.1. The fraction of sp³-hybridized carbons (Fsp3) is 0.200. The molecular weight excluding hydrogens is 162 g/mol. The molecule has 0 unspecified atom stereocenters. The third kappa shape index (κ3) is 2.40. The minimum Gasteiger partial charge on any atom is -0.397 e. The van der Waals surface area contributed by atoms with Crippen molar-refractivity contribution in [3.8, 4) is 0 Å². The van der Waals surface area contributed by atoms with Crippen LogP contribution < -0.4 is 16.4 Å². The van der Waals surface area contributed by atoms with Crippen LogP contribution in [-0.2, 0) is 0 Å². The number of rotatable bonds is 3. The van der Waals surface area contributed by atoms with Gasteiger partial charge in [0, 0.05) is 26.0 Å². The van der Waals surface area contributed by atoms with E-state index in [9.17, 15) is 0 Å². The molecule has 0 fully saturated rings. The third-order valence-corrected chi connectivity index (χ3v) is 1.81. The number of anilines is 1. The summed E-state index contributed by atoms with van der Waals surface area (Å²) in [5.74, 6) is 0. The van der Waals surface area contributed by atoms with E-state index in [1.165, 1.54) is 0 Å². The molecule has 0 aromatic heterocycles. The van der Waals surface area contributed by atoms with Gasteiger partial charge < -0.3 is 16.4 Å². The lowest BCUT2D eigenvalue weighted by Gasteiger charge is -2.03. The van der Waals surface area contributed by atoms with Gasteiger partial charge in [0.1, 0.15) is 0 Å². The van der Waals surface area contributed by atoms with Crippen LogP contribution in [0.1, 0.15) is 5.56 Å². The minimum atomic E-state index is 0.741. The van der Waals surface area contributed by atoms with Crippen molar-refractivity contribution in [3.63, 3.8) is 0 Å². The Morgan fingerprint density at radius 2 is 1.85 bits per heavy atom. The molecule has 0 aliphatic carbocycles. The van der Waals surface area contributed by atoms with E-state index in [2.05, 4.69) is 10.6 Å². The van der Waals surface area contributed by atoms with Crippen LogP contribution in [0.2, 0.25) is 0 Å². The third-order valence-electron chi connectivity index (χ3n) is 1.81. The van der Waals surface area contributed by atoms with Crippen LogP contribution >= 0.6 is 0 Å². The number of hydrogen-bond donors (Lipinski definition) is 3. The van der Waals surface area contributed by atoms with Crippen LogP contribution in [0.5, 0.6) is 0 Å². The molecule has 0 spiro atoms. The molecule has 0 radical (unpaired) electrons. The van der Waals surface area contributed by atoms with Crippen molar-refractivity contribution in [1.82, 2.24) is 5.32 Å². The second-order valence-corrected chi connectivity index (χ2v) is 2.72. The molecule has 1 aromatic carbocycles. The van der Waals surface area contributed by atoms with Crippen LogP contribution in [0.4, 0.5) is 5.69 Å². The van der Waals surface area contributed by atoms with E-state index in [1.807, 2.05) is 38.4 Å². The van der Waals surface area contributed by atoms with Crippen LogP contribution in [0.25, 0.3) is 5.70 Å². The molecule has 0 aliphatic heterocycles. The zero-order valence-electron chi connectivity index (χ0n) is 7.96. The zero-order valence-corrected chi connectivity index (χ0v) is 7.96. The van der Waals surface area contributed by atoms with Crippen molar-refractivity contribution >= 4 is 11.4 Å². The molecule has 0 saturated heterocycles. The van der Waals surface area contributed by atoms with Crippen molar-refractivity contribution in [1.29, 1.82) is 0 Å². The summed E-state index contributed by atoms with van der Waals surface area (Å²) in [5.41, 5.74) is 8.62. The van der Waals surface area contributed by atoms with Gasteiger partial charge >= 0.3 is 0 Å². The maximum absolute atomic E-state index is 5.78. The Bertz CT molecular complexity index is 288. The normalized spacial score (nSPS) is 11.1. The Morgan fingerprint density at radius 3 is 2.31 bits per heavy atom. The average molecular weight is 177 g/mol. The predicted octanol–water partition coefficient (Wildman–Crippen LogP) is 1.20.